The molecule has 0 unspecified atom stereocenters. The molecule has 0 spiro atoms. The van der Waals surface area contributed by atoms with E-state index in [9.17, 15) is 9.59 Å². The molecule has 0 atom stereocenters. The minimum atomic E-state index is -0.321. The van der Waals surface area contributed by atoms with Gasteiger partial charge in [-0.3, -0.25) is 9.59 Å². The van der Waals surface area contributed by atoms with Crippen molar-refractivity contribution in [3.8, 4) is 5.75 Å². The van der Waals surface area contributed by atoms with E-state index in [0.29, 0.717) is 18.8 Å². The van der Waals surface area contributed by atoms with Crippen LogP contribution in [-0.2, 0) is 14.3 Å². The molecule has 0 aliphatic rings. The van der Waals surface area contributed by atoms with Gasteiger partial charge in [0, 0.05) is 17.7 Å². The van der Waals surface area contributed by atoms with Gasteiger partial charge in [0.05, 0.1) is 6.61 Å². The van der Waals surface area contributed by atoms with E-state index >= 15 is 0 Å². The average molecular weight is 310 g/mol. The molecule has 1 aromatic rings. The van der Waals surface area contributed by atoms with Crippen molar-refractivity contribution >= 4 is 23.7 Å². The SMILES string of the molecule is CCCCOC(=O)CCCC(=O)Oc1ccccc1SC. The number of rotatable bonds is 9. The molecule has 0 aromatic heterocycles. The zero-order valence-corrected chi connectivity index (χ0v) is 13.4. The number of para-hydroxylation sites is 1. The number of benzene rings is 1. The number of carbonyl (C=O) groups excluding carboxylic acids is 2. The van der Waals surface area contributed by atoms with E-state index < -0.39 is 0 Å². The van der Waals surface area contributed by atoms with Crippen LogP contribution < -0.4 is 4.74 Å². The van der Waals surface area contributed by atoms with Crippen LogP contribution in [0.2, 0.25) is 0 Å². The van der Waals surface area contributed by atoms with E-state index in [4.69, 9.17) is 9.47 Å². The predicted molar refractivity (Wildman–Crippen MR) is 83.6 cm³/mol. The van der Waals surface area contributed by atoms with E-state index in [1.807, 2.05) is 31.4 Å². The molecule has 0 bridgehead atoms. The highest BCUT2D eigenvalue weighted by Gasteiger charge is 2.10. The van der Waals surface area contributed by atoms with Crippen molar-refractivity contribution in [1.82, 2.24) is 0 Å². The fourth-order valence-corrected chi connectivity index (χ4v) is 2.18. The molecule has 1 aromatic carbocycles. The first kappa shape index (κ1) is 17.6. The Morgan fingerprint density at radius 1 is 1.10 bits per heavy atom. The van der Waals surface area contributed by atoms with Crippen LogP contribution >= 0.6 is 11.8 Å². The molecule has 0 saturated heterocycles. The van der Waals surface area contributed by atoms with Crippen LogP contribution in [0.5, 0.6) is 5.75 Å². The Balaban J connectivity index is 2.26. The highest BCUT2D eigenvalue weighted by atomic mass is 32.2. The normalized spacial score (nSPS) is 10.2. The largest absolute Gasteiger partial charge is 0.466 e. The lowest BCUT2D eigenvalue weighted by molar-refractivity contribution is -0.144. The second-order valence-electron chi connectivity index (χ2n) is 4.55. The average Bonchev–Trinajstić information content (AvgIpc) is 2.48. The number of thioether (sulfide) groups is 1. The summed E-state index contributed by atoms with van der Waals surface area (Å²) < 4.78 is 10.3. The maximum absolute atomic E-state index is 11.7. The molecule has 0 N–H and O–H groups in total. The summed E-state index contributed by atoms with van der Waals surface area (Å²) in [5.74, 6) is -0.000792. The Labute approximate surface area is 130 Å². The number of unbranched alkanes of at least 4 members (excludes halogenated alkanes) is 1. The summed E-state index contributed by atoms with van der Waals surface area (Å²) in [5, 5.41) is 0. The number of hydrogen-bond acceptors (Lipinski definition) is 5. The summed E-state index contributed by atoms with van der Waals surface area (Å²) in [5.41, 5.74) is 0. The standard InChI is InChI=1S/C16H22O4S/c1-3-4-12-19-15(17)10-7-11-16(18)20-13-8-5-6-9-14(13)21-2/h5-6,8-9H,3-4,7,10-12H2,1-2H3. The molecule has 116 valence electrons. The van der Waals surface area contributed by atoms with Crippen molar-refractivity contribution in [1.29, 1.82) is 0 Å². The summed E-state index contributed by atoms with van der Waals surface area (Å²) in [6, 6.07) is 7.39. The lowest BCUT2D eigenvalue weighted by Crippen LogP contribution is -2.10. The van der Waals surface area contributed by atoms with Gasteiger partial charge in [-0.25, -0.2) is 0 Å². The van der Waals surface area contributed by atoms with E-state index in [-0.39, 0.29) is 24.8 Å². The molecule has 0 fully saturated rings. The lowest BCUT2D eigenvalue weighted by Gasteiger charge is -2.08. The summed E-state index contributed by atoms with van der Waals surface area (Å²) in [6.45, 7) is 2.50. The van der Waals surface area contributed by atoms with Gasteiger partial charge in [-0.05, 0) is 31.2 Å². The maximum atomic E-state index is 11.7. The Morgan fingerprint density at radius 3 is 2.52 bits per heavy atom. The van der Waals surface area contributed by atoms with Crippen molar-refractivity contribution in [3.05, 3.63) is 24.3 Å². The minimum absolute atomic E-state index is 0.214. The smallest absolute Gasteiger partial charge is 0.311 e. The van der Waals surface area contributed by atoms with E-state index in [1.165, 1.54) is 11.8 Å². The number of hydrogen-bond donors (Lipinski definition) is 0. The zero-order chi connectivity index (χ0) is 15.5. The third-order valence-electron chi connectivity index (χ3n) is 2.82. The van der Waals surface area contributed by atoms with Gasteiger partial charge in [0.25, 0.3) is 0 Å². The number of esters is 2. The van der Waals surface area contributed by atoms with Crippen molar-refractivity contribution in [3.63, 3.8) is 0 Å². The van der Waals surface area contributed by atoms with Gasteiger partial charge in [-0.1, -0.05) is 25.5 Å². The Hall–Kier alpha value is -1.49. The highest BCUT2D eigenvalue weighted by Crippen LogP contribution is 2.27. The molecular formula is C16H22O4S. The van der Waals surface area contributed by atoms with Crippen molar-refractivity contribution < 1.29 is 19.1 Å². The summed E-state index contributed by atoms with van der Waals surface area (Å²) >= 11 is 1.53. The van der Waals surface area contributed by atoms with Crippen molar-refractivity contribution in [2.24, 2.45) is 0 Å². The first-order valence-corrected chi connectivity index (χ1v) is 8.39. The molecule has 5 heteroatoms. The third-order valence-corrected chi connectivity index (χ3v) is 3.59. The molecule has 0 heterocycles. The van der Waals surface area contributed by atoms with Gasteiger partial charge in [-0.15, -0.1) is 11.8 Å². The van der Waals surface area contributed by atoms with Crippen LogP contribution in [0.3, 0.4) is 0 Å². The summed E-state index contributed by atoms with van der Waals surface area (Å²) in [4.78, 5) is 24.0. The second-order valence-corrected chi connectivity index (χ2v) is 5.40. The Bertz CT molecular complexity index is 459. The number of ether oxygens (including phenoxy) is 2. The Kier molecular flexibility index (Phi) is 8.59. The summed E-state index contributed by atoms with van der Waals surface area (Å²) in [6.07, 6.45) is 4.71. The van der Waals surface area contributed by atoms with Gasteiger partial charge in [-0.2, -0.15) is 0 Å². The van der Waals surface area contributed by atoms with E-state index in [0.717, 1.165) is 17.7 Å². The second kappa shape index (κ2) is 10.3. The summed E-state index contributed by atoms with van der Waals surface area (Å²) in [7, 11) is 0. The fraction of sp³-hybridized carbons (Fsp3) is 0.500. The quantitative estimate of drug-likeness (QED) is 0.300. The molecular weight excluding hydrogens is 288 g/mol. The molecule has 0 radical (unpaired) electrons. The van der Waals surface area contributed by atoms with Crippen molar-refractivity contribution in [2.45, 2.75) is 43.9 Å². The van der Waals surface area contributed by atoms with Gasteiger partial charge < -0.3 is 9.47 Å². The van der Waals surface area contributed by atoms with Crippen LogP contribution in [0.25, 0.3) is 0 Å². The predicted octanol–water partition coefficient (Wildman–Crippen LogP) is 3.83. The monoisotopic (exact) mass is 310 g/mol. The van der Waals surface area contributed by atoms with Crippen molar-refractivity contribution in [2.75, 3.05) is 12.9 Å². The molecule has 21 heavy (non-hydrogen) atoms. The Morgan fingerprint density at radius 2 is 1.81 bits per heavy atom. The van der Waals surface area contributed by atoms with Gasteiger partial charge in [0.1, 0.15) is 5.75 Å². The van der Waals surface area contributed by atoms with Crippen LogP contribution in [0.4, 0.5) is 0 Å². The first-order chi connectivity index (χ1) is 10.2. The molecule has 0 aliphatic carbocycles. The van der Waals surface area contributed by atoms with E-state index in [1.54, 1.807) is 6.07 Å². The minimum Gasteiger partial charge on any atom is -0.466 e. The van der Waals surface area contributed by atoms with E-state index in [2.05, 4.69) is 0 Å². The van der Waals surface area contributed by atoms with Crippen LogP contribution in [-0.4, -0.2) is 24.8 Å². The highest BCUT2D eigenvalue weighted by molar-refractivity contribution is 7.98. The first-order valence-electron chi connectivity index (χ1n) is 7.16. The lowest BCUT2D eigenvalue weighted by atomic mass is 10.2. The maximum Gasteiger partial charge on any atom is 0.311 e. The molecule has 0 amide bonds. The van der Waals surface area contributed by atoms with Gasteiger partial charge in [0.2, 0.25) is 0 Å². The van der Waals surface area contributed by atoms with Crippen LogP contribution in [0.15, 0.2) is 29.2 Å². The zero-order valence-electron chi connectivity index (χ0n) is 12.6. The third kappa shape index (κ3) is 7.18. The van der Waals surface area contributed by atoms with Gasteiger partial charge in [0.15, 0.2) is 0 Å². The molecule has 0 aliphatic heterocycles. The van der Waals surface area contributed by atoms with Gasteiger partial charge >= 0.3 is 11.9 Å². The molecule has 0 saturated carbocycles. The molecule has 1 rings (SSSR count). The topological polar surface area (TPSA) is 52.6 Å². The fourth-order valence-electron chi connectivity index (χ4n) is 1.66. The number of carbonyl (C=O) groups is 2. The van der Waals surface area contributed by atoms with Crippen LogP contribution in [0.1, 0.15) is 39.0 Å². The molecule has 4 nitrogen and oxygen atoms in total. The van der Waals surface area contributed by atoms with Crippen LogP contribution in [0, 0.1) is 0 Å².